The van der Waals surface area contributed by atoms with Crippen LogP contribution in [0.3, 0.4) is 0 Å². The van der Waals surface area contributed by atoms with Crippen LogP contribution in [0.4, 0.5) is 17.1 Å². The minimum Gasteiger partial charge on any atom is -0.387 e. The fourth-order valence-electron chi connectivity index (χ4n) is 3.80. The molecule has 0 saturated carbocycles. The predicted molar refractivity (Wildman–Crippen MR) is 149 cm³/mol. The minimum atomic E-state index is -0.474. The molecule has 0 aliphatic rings. The summed E-state index contributed by atoms with van der Waals surface area (Å²) in [5.74, 6) is 0. The molecule has 0 aromatic heterocycles. The van der Waals surface area contributed by atoms with Crippen molar-refractivity contribution in [3.63, 3.8) is 0 Å². The zero-order chi connectivity index (χ0) is 24.8. The Hall–Kier alpha value is -2.24. The van der Waals surface area contributed by atoms with E-state index < -0.39 is 6.10 Å². The molecule has 3 unspecified atom stereocenters. The van der Waals surface area contributed by atoms with E-state index in [0.717, 1.165) is 62.9 Å². The van der Waals surface area contributed by atoms with Gasteiger partial charge in [-0.3, -0.25) is 0 Å². The van der Waals surface area contributed by atoms with Crippen LogP contribution in [0.5, 0.6) is 0 Å². The van der Waals surface area contributed by atoms with Crippen LogP contribution in [0.15, 0.2) is 42.5 Å². The number of hydrogen-bond acceptors (Lipinski definition) is 5. The Labute approximate surface area is 208 Å². The molecule has 0 bridgehead atoms. The zero-order valence-electron chi connectivity index (χ0n) is 22.1. The second kappa shape index (κ2) is 15.6. The fourth-order valence-corrected chi connectivity index (χ4v) is 3.80. The molecule has 0 fully saturated rings. The summed E-state index contributed by atoms with van der Waals surface area (Å²) < 4.78 is 0. The first kappa shape index (κ1) is 28.0. The quantitative estimate of drug-likeness (QED) is 0.170. The molecule has 2 aromatic carbocycles. The average Bonchev–Trinajstić information content (AvgIpc) is 2.84. The van der Waals surface area contributed by atoms with Crippen molar-refractivity contribution in [3.8, 4) is 0 Å². The van der Waals surface area contributed by atoms with Crippen molar-refractivity contribution >= 4 is 17.1 Å². The summed E-state index contributed by atoms with van der Waals surface area (Å²) in [6.45, 7) is 13.5. The first-order chi connectivity index (χ1) is 16.4. The Morgan fingerprint density at radius 1 is 0.765 bits per heavy atom. The summed E-state index contributed by atoms with van der Waals surface area (Å²) in [6, 6.07) is 15.9. The van der Waals surface area contributed by atoms with Crippen LogP contribution < -0.4 is 21.3 Å². The van der Waals surface area contributed by atoms with Crippen molar-refractivity contribution in [2.24, 2.45) is 0 Å². The molecule has 0 spiro atoms. The van der Waals surface area contributed by atoms with Crippen LogP contribution >= 0.6 is 0 Å². The summed E-state index contributed by atoms with van der Waals surface area (Å²) in [6.07, 6.45) is 6.11. The maximum atomic E-state index is 10.5. The maximum Gasteiger partial charge on any atom is 0.0914 e. The zero-order valence-corrected chi connectivity index (χ0v) is 22.1. The van der Waals surface area contributed by atoms with Gasteiger partial charge in [-0.2, -0.15) is 0 Å². The van der Waals surface area contributed by atoms with Crippen LogP contribution in [0.1, 0.15) is 84.0 Å². The molecule has 0 aliphatic heterocycles. The van der Waals surface area contributed by atoms with E-state index in [0.29, 0.717) is 18.6 Å². The monoisotopic (exact) mass is 468 g/mol. The smallest absolute Gasteiger partial charge is 0.0914 e. The van der Waals surface area contributed by atoms with Gasteiger partial charge in [0.15, 0.2) is 0 Å². The van der Waals surface area contributed by atoms with Gasteiger partial charge in [-0.1, -0.05) is 32.9 Å². The second-order valence-corrected chi connectivity index (χ2v) is 9.55. The number of rotatable bonds is 17. The molecular weight excluding hydrogens is 420 g/mol. The molecule has 5 N–H and O–H groups in total. The number of aliphatic hydroxyl groups excluding tert-OH is 1. The van der Waals surface area contributed by atoms with E-state index in [2.05, 4.69) is 74.1 Å². The van der Waals surface area contributed by atoms with Crippen molar-refractivity contribution in [2.45, 2.75) is 91.3 Å². The number of hydrogen-bond donors (Lipinski definition) is 5. The highest BCUT2D eigenvalue weighted by Crippen LogP contribution is 2.23. The molecule has 0 heterocycles. The van der Waals surface area contributed by atoms with Crippen molar-refractivity contribution in [1.29, 1.82) is 0 Å². The van der Waals surface area contributed by atoms with Crippen molar-refractivity contribution in [2.75, 3.05) is 35.6 Å². The Morgan fingerprint density at radius 2 is 1.38 bits per heavy atom. The van der Waals surface area contributed by atoms with Crippen LogP contribution in [-0.4, -0.2) is 36.8 Å². The largest absolute Gasteiger partial charge is 0.387 e. The molecule has 190 valence electrons. The topological polar surface area (TPSA) is 68.3 Å². The molecule has 0 amide bonds. The Bertz CT molecular complexity index is 778. The van der Waals surface area contributed by atoms with Gasteiger partial charge in [0, 0.05) is 42.2 Å². The van der Waals surface area contributed by atoms with Gasteiger partial charge < -0.3 is 26.4 Å². The molecule has 5 nitrogen and oxygen atoms in total. The summed E-state index contributed by atoms with van der Waals surface area (Å²) in [4.78, 5) is 0. The Morgan fingerprint density at radius 3 is 1.94 bits per heavy atom. The predicted octanol–water partition coefficient (Wildman–Crippen LogP) is 6.58. The molecule has 34 heavy (non-hydrogen) atoms. The summed E-state index contributed by atoms with van der Waals surface area (Å²) in [5.41, 5.74) is 5.85. The Balaban J connectivity index is 1.77. The van der Waals surface area contributed by atoms with E-state index >= 15 is 0 Å². The summed E-state index contributed by atoms with van der Waals surface area (Å²) in [5, 5.41) is 24.5. The van der Waals surface area contributed by atoms with Crippen LogP contribution in [0.25, 0.3) is 0 Å². The van der Waals surface area contributed by atoms with Gasteiger partial charge in [0.05, 0.1) is 6.10 Å². The lowest BCUT2D eigenvalue weighted by Crippen LogP contribution is -2.22. The van der Waals surface area contributed by atoms with Crippen LogP contribution in [0.2, 0.25) is 0 Å². The van der Waals surface area contributed by atoms with Crippen LogP contribution in [0, 0.1) is 0 Å². The van der Waals surface area contributed by atoms with Gasteiger partial charge in [0.1, 0.15) is 0 Å². The molecule has 2 aromatic rings. The third-order valence-electron chi connectivity index (χ3n) is 6.32. The molecular formula is C29H48N4O. The van der Waals surface area contributed by atoms with E-state index in [1.807, 2.05) is 24.3 Å². The lowest BCUT2D eigenvalue weighted by atomic mass is 10.0. The van der Waals surface area contributed by atoms with E-state index in [4.69, 9.17) is 0 Å². The lowest BCUT2D eigenvalue weighted by molar-refractivity contribution is 0.175. The van der Waals surface area contributed by atoms with Crippen molar-refractivity contribution < 1.29 is 5.11 Å². The number of aryl methyl sites for hydroxylation is 1. The molecule has 2 rings (SSSR count). The van der Waals surface area contributed by atoms with Gasteiger partial charge in [0.25, 0.3) is 0 Å². The van der Waals surface area contributed by atoms with Gasteiger partial charge in [0.2, 0.25) is 0 Å². The average molecular weight is 469 g/mol. The second-order valence-electron chi connectivity index (χ2n) is 9.55. The molecule has 5 heteroatoms. The minimum absolute atomic E-state index is 0.464. The highest BCUT2D eigenvalue weighted by Gasteiger charge is 2.08. The summed E-state index contributed by atoms with van der Waals surface area (Å²) in [7, 11) is 0. The van der Waals surface area contributed by atoms with Gasteiger partial charge in [-0.25, -0.2) is 0 Å². The normalized spacial score (nSPS) is 13.8. The summed E-state index contributed by atoms with van der Waals surface area (Å²) >= 11 is 0. The fraction of sp³-hybridized carbons (Fsp3) is 0.586. The molecule has 0 radical (unpaired) electrons. The van der Waals surface area contributed by atoms with E-state index in [9.17, 15) is 5.11 Å². The van der Waals surface area contributed by atoms with Crippen molar-refractivity contribution in [1.82, 2.24) is 5.32 Å². The van der Waals surface area contributed by atoms with E-state index in [-0.39, 0.29) is 0 Å². The standard InChI is InChI=1S/C29H48N4O/c1-6-16-31-26-14-12-25(13-15-26)29(34)21-30-17-10-9-11-24-18-27(32-22(4)7-2)20-28(19-24)33-23(5)8-3/h12-15,18-20,22-23,29-34H,6-11,16-17,21H2,1-5H3. The van der Waals surface area contributed by atoms with Crippen LogP contribution in [-0.2, 0) is 6.42 Å². The Kier molecular flexibility index (Phi) is 12.9. The van der Waals surface area contributed by atoms with E-state index in [1.54, 1.807) is 0 Å². The third-order valence-corrected chi connectivity index (χ3v) is 6.32. The van der Waals surface area contributed by atoms with Gasteiger partial charge in [-0.15, -0.1) is 0 Å². The molecule has 0 aliphatic carbocycles. The first-order valence-electron chi connectivity index (χ1n) is 13.3. The molecule has 3 atom stereocenters. The van der Waals surface area contributed by atoms with E-state index in [1.165, 1.54) is 16.9 Å². The highest BCUT2D eigenvalue weighted by atomic mass is 16.3. The number of aliphatic hydroxyl groups is 1. The lowest BCUT2D eigenvalue weighted by Gasteiger charge is -2.19. The highest BCUT2D eigenvalue weighted by molar-refractivity contribution is 5.60. The van der Waals surface area contributed by atoms with Gasteiger partial charge >= 0.3 is 0 Å². The number of nitrogens with one attached hydrogen (secondary N) is 4. The first-order valence-corrected chi connectivity index (χ1v) is 13.3. The SMILES string of the molecule is CCCNc1ccc(C(O)CNCCCCc2cc(NC(C)CC)cc(NC(C)CC)c2)cc1. The number of anilines is 3. The number of unbranched alkanes of at least 4 members (excludes halogenated alkanes) is 1. The van der Waals surface area contributed by atoms with Crippen molar-refractivity contribution in [3.05, 3.63) is 53.6 Å². The van der Waals surface area contributed by atoms with Gasteiger partial charge in [-0.05, 0) is 100 Å². The third kappa shape index (κ3) is 10.4. The maximum absolute atomic E-state index is 10.5. The number of benzene rings is 2. The molecule has 0 saturated heterocycles.